The number of hydrogen-bond acceptors (Lipinski definition) is 4. The van der Waals surface area contributed by atoms with Crippen LogP contribution in [0, 0.1) is 0 Å². The third kappa shape index (κ3) is 3.69. The number of rotatable bonds is 5. The maximum absolute atomic E-state index is 12.1. The molecule has 19 heavy (non-hydrogen) atoms. The number of carboxylic acids is 1. The predicted octanol–water partition coefficient (Wildman–Crippen LogP) is 1.04. The Labute approximate surface area is 111 Å². The van der Waals surface area contributed by atoms with E-state index in [9.17, 15) is 13.2 Å². The Hall–Kier alpha value is -1.57. The molecule has 1 aromatic heterocycles. The van der Waals surface area contributed by atoms with E-state index in [1.807, 2.05) is 0 Å². The molecule has 7 nitrogen and oxygen atoms in total. The van der Waals surface area contributed by atoms with E-state index < -0.39 is 16.0 Å². The molecule has 106 valence electrons. The summed E-state index contributed by atoms with van der Waals surface area (Å²) in [6, 6.07) is 0. The minimum Gasteiger partial charge on any atom is -0.480 e. The molecule has 1 saturated carbocycles. The van der Waals surface area contributed by atoms with Crippen LogP contribution in [0.25, 0.3) is 0 Å². The van der Waals surface area contributed by atoms with Gasteiger partial charge in [-0.05, 0) is 12.8 Å². The quantitative estimate of drug-likeness (QED) is 0.842. The van der Waals surface area contributed by atoms with Crippen LogP contribution < -0.4 is 4.72 Å². The van der Waals surface area contributed by atoms with Gasteiger partial charge in [0.25, 0.3) is 0 Å². The molecule has 2 rings (SSSR count). The van der Waals surface area contributed by atoms with Gasteiger partial charge >= 0.3 is 5.97 Å². The first-order valence-corrected chi connectivity index (χ1v) is 7.78. The largest absolute Gasteiger partial charge is 0.480 e. The highest BCUT2D eigenvalue weighted by Crippen LogP contribution is 2.25. The summed E-state index contributed by atoms with van der Waals surface area (Å²) in [6.45, 7) is -0.287. The Morgan fingerprint density at radius 2 is 2.11 bits per heavy atom. The predicted molar refractivity (Wildman–Crippen MR) is 69.3 cm³/mol. The fourth-order valence-corrected chi connectivity index (χ4v) is 3.82. The number of nitrogens with one attached hydrogen (secondary N) is 1. The number of hydrogen-bond donors (Lipinski definition) is 2. The molecule has 1 fully saturated rings. The van der Waals surface area contributed by atoms with E-state index in [0.29, 0.717) is 18.5 Å². The number of anilines is 1. The smallest absolute Gasteiger partial charge is 0.325 e. The van der Waals surface area contributed by atoms with E-state index in [2.05, 4.69) is 9.82 Å². The van der Waals surface area contributed by atoms with Crippen molar-refractivity contribution < 1.29 is 18.3 Å². The molecule has 0 unspecified atom stereocenters. The molecule has 1 aliphatic rings. The van der Waals surface area contributed by atoms with Gasteiger partial charge in [0.1, 0.15) is 6.54 Å². The summed E-state index contributed by atoms with van der Waals surface area (Å²) in [5.41, 5.74) is 0.312. The second-order valence-corrected chi connectivity index (χ2v) is 6.69. The fraction of sp³-hybridized carbons (Fsp3) is 0.636. The van der Waals surface area contributed by atoms with Crippen LogP contribution in [0.15, 0.2) is 12.4 Å². The average Bonchev–Trinajstić information content (AvgIpc) is 2.76. The number of nitrogens with zero attached hydrogens (tertiary/aromatic N) is 2. The lowest BCUT2D eigenvalue weighted by atomic mass is 10.0. The topological polar surface area (TPSA) is 101 Å². The minimum atomic E-state index is -3.40. The Morgan fingerprint density at radius 3 is 2.74 bits per heavy atom. The summed E-state index contributed by atoms with van der Waals surface area (Å²) in [6.07, 6.45) is 7.02. The van der Waals surface area contributed by atoms with Crippen molar-refractivity contribution in [1.29, 1.82) is 0 Å². The second-order valence-electron chi connectivity index (χ2n) is 4.73. The highest BCUT2D eigenvalue weighted by Gasteiger charge is 2.27. The van der Waals surface area contributed by atoms with Crippen molar-refractivity contribution in [3.8, 4) is 0 Å². The Kier molecular flexibility index (Phi) is 4.08. The van der Waals surface area contributed by atoms with Crippen LogP contribution in [-0.2, 0) is 21.4 Å². The van der Waals surface area contributed by atoms with Gasteiger partial charge in [-0.2, -0.15) is 5.10 Å². The maximum atomic E-state index is 12.1. The van der Waals surface area contributed by atoms with Crippen molar-refractivity contribution in [3.05, 3.63) is 12.4 Å². The number of carboxylic acid groups (broad SMARTS) is 1. The number of carbonyl (C=O) groups is 1. The summed E-state index contributed by atoms with van der Waals surface area (Å²) >= 11 is 0. The van der Waals surface area contributed by atoms with Gasteiger partial charge in [0.15, 0.2) is 0 Å². The van der Waals surface area contributed by atoms with Crippen molar-refractivity contribution in [2.24, 2.45) is 0 Å². The molecule has 0 radical (unpaired) electrons. The van der Waals surface area contributed by atoms with Crippen LogP contribution >= 0.6 is 0 Å². The first-order chi connectivity index (χ1) is 8.97. The number of aliphatic carboxylic acids is 1. The van der Waals surface area contributed by atoms with Crippen LogP contribution in [0.2, 0.25) is 0 Å². The van der Waals surface area contributed by atoms with Gasteiger partial charge < -0.3 is 5.11 Å². The summed E-state index contributed by atoms with van der Waals surface area (Å²) in [5, 5.41) is 12.1. The highest BCUT2D eigenvalue weighted by atomic mass is 32.2. The Morgan fingerprint density at radius 1 is 1.42 bits per heavy atom. The lowest BCUT2D eigenvalue weighted by Crippen LogP contribution is -2.29. The Bertz CT molecular complexity index is 546. The molecule has 0 saturated heterocycles. The summed E-state index contributed by atoms with van der Waals surface area (Å²) < 4.78 is 27.9. The molecule has 0 bridgehead atoms. The highest BCUT2D eigenvalue weighted by molar-refractivity contribution is 7.93. The zero-order valence-corrected chi connectivity index (χ0v) is 11.3. The third-order valence-corrected chi connectivity index (χ3v) is 5.05. The lowest BCUT2D eigenvalue weighted by Gasteiger charge is -2.21. The summed E-state index contributed by atoms with van der Waals surface area (Å²) in [5.74, 6) is -1.02. The van der Waals surface area contributed by atoms with Gasteiger partial charge in [0.2, 0.25) is 10.0 Å². The van der Waals surface area contributed by atoms with Gasteiger partial charge in [0, 0.05) is 6.20 Å². The van der Waals surface area contributed by atoms with E-state index in [-0.39, 0.29) is 11.8 Å². The van der Waals surface area contributed by atoms with Crippen molar-refractivity contribution in [2.75, 3.05) is 4.72 Å². The zero-order chi connectivity index (χ0) is 13.9. The van der Waals surface area contributed by atoms with Gasteiger partial charge in [-0.25, -0.2) is 8.42 Å². The molecule has 0 spiro atoms. The average molecular weight is 287 g/mol. The van der Waals surface area contributed by atoms with E-state index in [0.717, 1.165) is 19.3 Å². The number of aromatic nitrogens is 2. The van der Waals surface area contributed by atoms with Crippen molar-refractivity contribution in [3.63, 3.8) is 0 Å². The maximum Gasteiger partial charge on any atom is 0.325 e. The van der Waals surface area contributed by atoms with Gasteiger partial charge in [-0.1, -0.05) is 19.3 Å². The van der Waals surface area contributed by atoms with Crippen molar-refractivity contribution in [1.82, 2.24) is 9.78 Å². The van der Waals surface area contributed by atoms with E-state index in [1.54, 1.807) is 0 Å². The standard InChI is InChI=1S/C11H17N3O4S/c15-11(16)8-14-7-9(6-12-14)13-19(17,18)10-4-2-1-3-5-10/h6-7,10,13H,1-5,8H2,(H,15,16). The molecule has 8 heteroatoms. The second kappa shape index (κ2) is 5.60. The van der Waals surface area contributed by atoms with Crippen molar-refractivity contribution in [2.45, 2.75) is 43.9 Å². The molecule has 0 aliphatic heterocycles. The molecule has 0 aromatic carbocycles. The van der Waals surface area contributed by atoms with Crippen LogP contribution in [0.1, 0.15) is 32.1 Å². The van der Waals surface area contributed by atoms with Crippen molar-refractivity contribution >= 4 is 21.7 Å². The minimum absolute atomic E-state index is 0.287. The fourth-order valence-electron chi connectivity index (χ4n) is 2.26. The molecular weight excluding hydrogens is 270 g/mol. The van der Waals surface area contributed by atoms with Crippen LogP contribution in [0.5, 0.6) is 0 Å². The van der Waals surface area contributed by atoms with Crippen LogP contribution in [0.3, 0.4) is 0 Å². The lowest BCUT2D eigenvalue weighted by molar-refractivity contribution is -0.137. The monoisotopic (exact) mass is 287 g/mol. The molecule has 0 amide bonds. The van der Waals surface area contributed by atoms with Gasteiger partial charge in [-0.15, -0.1) is 0 Å². The zero-order valence-electron chi connectivity index (χ0n) is 10.4. The summed E-state index contributed by atoms with van der Waals surface area (Å²) in [7, 11) is -3.40. The molecule has 0 atom stereocenters. The van der Waals surface area contributed by atoms with E-state index in [4.69, 9.17) is 5.11 Å². The third-order valence-electron chi connectivity index (χ3n) is 3.18. The molecular formula is C11H17N3O4S. The van der Waals surface area contributed by atoms with Crippen LogP contribution in [-0.4, -0.2) is 34.5 Å². The SMILES string of the molecule is O=C(O)Cn1cc(NS(=O)(=O)C2CCCCC2)cn1. The molecule has 1 heterocycles. The van der Waals surface area contributed by atoms with E-state index in [1.165, 1.54) is 17.1 Å². The first kappa shape index (κ1) is 13.9. The normalized spacial score (nSPS) is 17.3. The molecule has 1 aromatic rings. The van der Waals surface area contributed by atoms with E-state index >= 15 is 0 Å². The van der Waals surface area contributed by atoms with Gasteiger partial charge in [-0.3, -0.25) is 14.2 Å². The van der Waals surface area contributed by atoms with Gasteiger partial charge in [0.05, 0.1) is 17.1 Å². The Balaban J connectivity index is 2.03. The first-order valence-electron chi connectivity index (χ1n) is 6.23. The number of sulfonamides is 1. The summed E-state index contributed by atoms with van der Waals surface area (Å²) in [4.78, 5) is 10.5. The van der Waals surface area contributed by atoms with Crippen LogP contribution in [0.4, 0.5) is 5.69 Å². The molecule has 2 N–H and O–H groups in total. The molecule has 1 aliphatic carbocycles.